The summed E-state index contributed by atoms with van der Waals surface area (Å²) in [4.78, 5) is 19.0. The second-order valence-electron chi connectivity index (χ2n) is 9.88. The normalized spacial score (nSPS) is 12.6. The molecule has 0 bridgehead atoms. The van der Waals surface area contributed by atoms with Crippen LogP contribution in [-0.4, -0.2) is 28.8 Å². The highest BCUT2D eigenvalue weighted by Crippen LogP contribution is 2.30. The van der Waals surface area contributed by atoms with E-state index in [4.69, 9.17) is 4.98 Å². The van der Waals surface area contributed by atoms with Crippen LogP contribution in [0, 0.1) is 13.8 Å². The Balaban J connectivity index is 1.70. The highest BCUT2D eigenvalue weighted by Gasteiger charge is 2.33. The highest BCUT2D eigenvalue weighted by atomic mass is 79.9. The molecule has 204 valence electrons. The molecule has 0 aliphatic rings. The van der Waals surface area contributed by atoms with Gasteiger partial charge in [-0.1, -0.05) is 64.5 Å². The summed E-state index contributed by atoms with van der Waals surface area (Å²) < 4.78 is 32.1. The molecule has 6 nitrogen and oxygen atoms in total. The van der Waals surface area contributed by atoms with Gasteiger partial charge < -0.3 is 0 Å². The van der Waals surface area contributed by atoms with Crippen molar-refractivity contribution >= 4 is 36.9 Å². The summed E-state index contributed by atoms with van der Waals surface area (Å²) in [5, 5.41) is 0.475. The van der Waals surface area contributed by atoms with Crippen LogP contribution in [0.5, 0.6) is 0 Å². The van der Waals surface area contributed by atoms with Gasteiger partial charge in [0.25, 0.3) is 5.56 Å². The summed E-state index contributed by atoms with van der Waals surface area (Å²) in [5.74, 6) is 0.362. The fourth-order valence-electron chi connectivity index (χ4n) is 4.82. The van der Waals surface area contributed by atoms with E-state index < -0.39 is 16.1 Å². The Hall–Kier alpha value is -3.59. The lowest BCUT2D eigenvalue weighted by Crippen LogP contribution is -2.38. The van der Waals surface area contributed by atoms with Crippen LogP contribution < -0.4 is 5.56 Å². The summed E-state index contributed by atoms with van der Waals surface area (Å²) in [7, 11) is -3.96. The molecule has 5 aromatic rings. The fourth-order valence-corrected chi connectivity index (χ4v) is 6.68. The van der Waals surface area contributed by atoms with Gasteiger partial charge in [0.05, 0.1) is 27.5 Å². The van der Waals surface area contributed by atoms with E-state index in [0.717, 1.165) is 21.2 Å². The summed E-state index contributed by atoms with van der Waals surface area (Å²) in [6.07, 6.45) is 0.502. The average Bonchev–Trinajstić information content (AvgIpc) is 2.95. The molecule has 0 aliphatic carbocycles. The van der Waals surface area contributed by atoms with Crippen molar-refractivity contribution in [3.63, 3.8) is 0 Å². The van der Waals surface area contributed by atoms with E-state index in [0.29, 0.717) is 28.8 Å². The predicted molar refractivity (Wildman–Crippen MR) is 163 cm³/mol. The first-order valence-corrected chi connectivity index (χ1v) is 15.3. The third-order valence-corrected chi connectivity index (χ3v) is 9.75. The third kappa shape index (κ3) is 5.52. The Morgan fingerprint density at radius 2 is 1.55 bits per heavy atom. The maximum atomic E-state index is 14.2. The van der Waals surface area contributed by atoms with Crippen molar-refractivity contribution in [3.05, 3.63) is 134 Å². The molecule has 5 rings (SSSR count). The van der Waals surface area contributed by atoms with Crippen molar-refractivity contribution in [1.82, 2.24) is 13.9 Å². The Morgan fingerprint density at radius 3 is 2.25 bits per heavy atom. The Morgan fingerprint density at radius 1 is 0.875 bits per heavy atom. The first kappa shape index (κ1) is 28.0. The van der Waals surface area contributed by atoms with Crippen molar-refractivity contribution in [1.29, 1.82) is 0 Å². The molecule has 40 heavy (non-hydrogen) atoms. The third-order valence-electron chi connectivity index (χ3n) is 7.24. The zero-order chi connectivity index (χ0) is 28.4. The summed E-state index contributed by atoms with van der Waals surface area (Å²) in [6, 6.07) is 28.6. The average molecular weight is 617 g/mol. The molecule has 0 aliphatic heterocycles. The Kier molecular flexibility index (Phi) is 8.03. The van der Waals surface area contributed by atoms with Crippen LogP contribution >= 0.6 is 15.9 Å². The number of hydrogen-bond acceptors (Lipinski definition) is 4. The van der Waals surface area contributed by atoms with Crippen LogP contribution in [0.4, 0.5) is 0 Å². The van der Waals surface area contributed by atoms with Crippen LogP contribution in [0.1, 0.15) is 35.5 Å². The van der Waals surface area contributed by atoms with Gasteiger partial charge in [0.15, 0.2) is 0 Å². The molecule has 1 aromatic heterocycles. The molecule has 8 heteroatoms. The molecule has 1 heterocycles. The Labute approximate surface area is 243 Å². The van der Waals surface area contributed by atoms with E-state index in [1.54, 1.807) is 47.9 Å². The maximum Gasteiger partial charge on any atom is 0.266 e. The van der Waals surface area contributed by atoms with Crippen molar-refractivity contribution < 1.29 is 8.42 Å². The number of aryl methyl sites for hydroxylation is 2. The molecule has 4 aromatic carbocycles. The number of rotatable bonds is 8. The van der Waals surface area contributed by atoms with Gasteiger partial charge in [0, 0.05) is 11.0 Å². The fraction of sp³-hybridized carbons (Fsp3) is 0.188. The minimum Gasteiger partial charge on any atom is -0.268 e. The van der Waals surface area contributed by atoms with Crippen molar-refractivity contribution in [2.24, 2.45) is 0 Å². The minimum absolute atomic E-state index is 0.177. The number of sulfonamides is 1. The molecule has 0 spiro atoms. The van der Waals surface area contributed by atoms with Gasteiger partial charge in [-0.05, 0) is 92.4 Å². The van der Waals surface area contributed by atoms with Crippen LogP contribution in [0.15, 0.2) is 111 Å². The first-order valence-electron chi connectivity index (χ1n) is 13.1. The van der Waals surface area contributed by atoms with Crippen LogP contribution in [0.2, 0.25) is 0 Å². The van der Waals surface area contributed by atoms with Gasteiger partial charge in [-0.25, -0.2) is 13.4 Å². The zero-order valence-electron chi connectivity index (χ0n) is 22.6. The van der Waals surface area contributed by atoms with Gasteiger partial charge in [-0.3, -0.25) is 9.36 Å². The standard InChI is InChI=1S/C32H30BrN3O3S/c1-22-13-16-27(21-23(22)2)36-31(34-30-12-8-7-11-29(30)32(36)37)24(3)35(20-19-25-9-5-4-6-10-25)40(38,39)28-17-14-26(33)15-18-28/h4-18,21,24H,19-20H2,1-3H3. The first-order chi connectivity index (χ1) is 19.2. The predicted octanol–water partition coefficient (Wildman–Crippen LogP) is 6.76. The summed E-state index contributed by atoms with van der Waals surface area (Å²) >= 11 is 3.40. The van der Waals surface area contributed by atoms with Crippen molar-refractivity contribution in [3.8, 4) is 5.69 Å². The van der Waals surface area contributed by atoms with E-state index in [1.165, 1.54) is 4.31 Å². The van der Waals surface area contributed by atoms with Gasteiger partial charge in [0.1, 0.15) is 5.82 Å². The van der Waals surface area contributed by atoms with Gasteiger partial charge in [-0.2, -0.15) is 4.31 Å². The molecule has 0 fully saturated rings. The lowest BCUT2D eigenvalue weighted by molar-refractivity contribution is 0.330. The summed E-state index contributed by atoms with van der Waals surface area (Å²) in [6.45, 7) is 6.01. The second-order valence-corrected chi connectivity index (χ2v) is 12.7. The number of fused-ring (bicyclic) bond motifs is 1. The number of hydrogen-bond donors (Lipinski definition) is 0. The van der Waals surface area contributed by atoms with Crippen LogP contribution in [0.25, 0.3) is 16.6 Å². The van der Waals surface area contributed by atoms with E-state index in [9.17, 15) is 13.2 Å². The molecular formula is C32H30BrN3O3S. The SMILES string of the molecule is Cc1ccc(-n2c(C(C)N(CCc3ccccc3)S(=O)(=O)c3ccc(Br)cc3)nc3ccccc3c2=O)cc1C. The smallest absolute Gasteiger partial charge is 0.266 e. The molecular weight excluding hydrogens is 586 g/mol. The molecule has 0 saturated carbocycles. The number of para-hydroxylation sites is 1. The second kappa shape index (κ2) is 11.5. The number of benzene rings is 4. The molecule has 1 atom stereocenters. The lowest BCUT2D eigenvalue weighted by Gasteiger charge is -2.30. The Bertz CT molecular complexity index is 1840. The van der Waals surface area contributed by atoms with Gasteiger partial charge >= 0.3 is 0 Å². The minimum atomic E-state index is -3.96. The largest absolute Gasteiger partial charge is 0.268 e. The van der Waals surface area contributed by atoms with Crippen LogP contribution in [-0.2, 0) is 16.4 Å². The van der Waals surface area contributed by atoms with Gasteiger partial charge in [0.2, 0.25) is 10.0 Å². The van der Waals surface area contributed by atoms with Crippen molar-refractivity contribution in [2.75, 3.05) is 6.54 Å². The van der Waals surface area contributed by atoms with Gasteiger partial charge in [-0.15, -0.1) is 0 Å². The molecule has 0 N–H and O–H groups in total. The number of aromatic nitrogens is 2. The number of nitrogens with zero attached hydrogens (tertiary/aromatic N) is 3. The molecule has 0 radical (unpaired) electrons. The molecule has 0 saturated heterocycles. The molecule has 1 unspecified atom stereocenters. The topological polar surface area (TPSA) is 72.3 Å². The summed E-state index contributed by atoms with van der Waals surface area (Å²) in [5.41, 5.74) is 4.08. The van der Waals surface area contributed by atoms with E-state index >= 15 is 0 Å². The monoisotopic (exact) mass is 615 g/mol. The highest BCUT2D eigenvalue weighted by molar-refractivity contribution is 9.10. The number of halogens is 1. The lowest BCUT2D eigenvalue weighted by atomic mass is 10.1. The van der Waals surface area contributed by atoms with Crippen LogP contribution in [0.3, 0.4) is 0 Å². The van der Waals surface area contributed by atoms with E-state index in [2.05, 4.69) is 15.9 Å². The molecule has 0 amide bonds. The van der Waals surface area contributed by atoms with E-state index in [1.807, 2.05) is 74.5 Å². The maximum absolute atomic E-state index is 14.2. The van der Waals surface area contributed by atoms with E-state index in [-0.39, 0.29) is 17.0 Å². The quantitative estimate of drug-likeness (QED) is 0.193. The zero-order valence-corrected chi connectivity index (χ0v) is 25.0. The van der Waals surface area contributed by atoms with Crippen molar-refractivity contribution in [2.45, 2.75) is 38.1 Å².